The van der Waals surface area contributed by atoms with Gasteiger partial charge in [0.1, 0.15) is 0 Å². The van der Waals surface area contributed by atoms with Gasteiger partial charge in [-0.25, -0.2) is 0 Å². The number of unbranched alkanes of at least 4 members (excludes halogenated alkanes) is 1. The van der Waals surface area contributed by atoms with E-state index in [1.54, 1.807) is 4.68 Å². The molecule has 6 nitrogen and oxygen atoms in total. The van der Waals surface area contributed by atoms with E-state index in [0.717, 1.165) is 43.6 Å². The molecule has 1 aromatic heterocycles. The van der Waals surface area contributed by atoms with Gasteiger partial charge in [-0.15, -0.1) is 0 Å². The molecule has 2 aromatic rings. The van der Waals surface area contributed by atoms with Crippen LogP contribution in [0.3, 0.4) is 0 Å². The largest absolute Gasteiger partial charge is 0.371 e. The summed E-state index contributed by atoms with van der Waals surface area (Å²) in [6.07, 6.45) is 9.22. The summed E-state index contributed by atoms with van der Waals surface area (Å²) >= 11 is 0. The summed E-state index contributed by atoms with van der Waals surface area (Å²) in [7, 11) is 1.90. The van der Waals surface area contributed by atoms with E-state index in [1.165, 1.54) is 18.5 Å². The predicted octanol–water partition coefficient (Wildman–Crippen LogP) is 3.31. The SMILES string of the molecule is CCCCC(NCc1cnn(C)c1)C(=O)Nc1cccc(N2CCCC2)c1. The molecule has 3 rings (SSSR count). The Labute approximate surface area is 161 Å². The second kappa shape index (κ2) is 9.55. The van der Waals surface area contributed by atoms with Gasteiger partial charge in [-0.3, -0.25) is 9.48 Å². The van der Waals surface area contributed by atoms with Gasteiger partial charge in [0.15, 0.2) is 0 Å². The third-order valence-electron chi connectivity index (χ3n) is 5.06. The number of hydrogen-bond donors (Lipinski definition) is 2. The van der Waals surface area contributed by atoms with Crippen LogP contribution in [0.5, 0.6) is 0 Å². The fraction of sp³-hybridized carbons (Fsp3) is 0.524. The van der Waals surface area contributed by atoms with Crippen molar-refractivity contribution >= 4 is 17.3 Å². The van der Waals surface area contributed by atoms with Crippen LogP contribution in [0.2, 0.25) is 0 Å². The summed E-state index contributed by atoms with van der Waals surface area (Å²) in [6.45, 7) is 4.99. The molecule has 1 saturated heterocycles. The Balaban J connectivity index is 1.61. The first-order chi connectivity index (χ1) is 13.2. The molecule has 2 N–H and O–H groups in total. The Morgan fingerprint density at radius 2 is 2.11 bits per heavy atom. The third kappa shape index (κ3) is 5.57. The number of amides is 1. The molecule has 0 spiro atoms. The highest BCUT2D eigenvalue weighted by atomic mass is 16.2. The Bertz CT molecular complexity index is 736. The summed E-state index contributed by atoms with van der Waals surface area (Å²) in [5.74, 6) is 0.0333. The second-order valence-corrected chi connectivity index (χ2v) is 7.33. The zero-order valence-electron chi connectivity index (χ0n) is 16.4. The molecule has 27 heavy (non-hydrogen) atoms. The molecule has 1 atom stereocenters. The van der Waals surface area contributed by atoms with Crippen molar-refractivity contribution < 1.29 is 4.79 Å². The number of benzene rings is 1. The van der Waals surface area contributed by atoms with Crippen LogP contribution in [0.4, 0.5) is 11.4 Å². The predicted molar refractivity (Wildman–Crippen MR) is 110 cm³/mol. The van der Waals surface area contributed by atoms with Gasteiger partial charge >= 0.3 is 0 Å². The highest BCUT2D eigenvalue weighted by Crippen LogP contribution is 2.23. The van der Waals surface area contributed by atoms with E-state index in [2.05, 4.69) is 39.7 Å². The third-order valence-corrected chi connectivity index (χ3v) is 5.06. The van der Waals surface area contributed by atoms with Gasteiger partial charge in [0.25, 0.3) is 0 Å². The van der Waals surface area contributed by atoms with Gasteiger partial charge in [-0.1, -0.05) is 25.8 Å². The molecular formula is C21H31N5O. The molecule has 0 saturated carbocycles. The van der Waals surface area contributed by atoms with E-state index in [-0.39, 0.29) is 11.9 Å². The zero-order chi connectivity index (χ0) is 19.1. The number of anilines is 2. The average Bonchev–Trinajstić information content (AvgIpc) is 3.34. The number of hydrogen-bond acceptors (Lipinski definition) is 4. The highest BCUT2D eigenvalue weighted by Gasteiger charge is 2.19. The Morgan fingerprint density at radius 3 is 2.81 bits per heavy atom. The minimum atomic E-state index is -0.208. The van der Waals surface area contributed by atoms with Gasteiger partial charge in [0.05, 0.1) is 12.2 Å². The molecule has 1 amide bonds. The summed E-state index contributed by atoms with van der Waals surface area (Å²) in [4.78, 5) is 15.2. The standard InChI is InChI=1S/C21H31N5O/c1-3-4-10-20(22-14-17-15-23-25(2)16-17)21(27)24-18-8-7-9-19(13-18)26-11-5-6-12-26/h7-9,13,15-16,20,22H,3-6,10-12,14H2,1-2H3,(H,24,27). The van der Waals surface area contributed by atoms with Crippen LogP contribution < -0.4 is 15.5 Å². The normalized spacial score (nSPS) is 15.1. The highest BCUT2D eigenvalue weighted by molar-refractivity contribution is 5.95. The van der Waals surface area contributed by atoms with Crippen molar-refractivity contribution in [2.45, 2.75) is 51.6 Å². The van der Waals surface area contributed by atoms with Crippen LogP contribution >= 0.6 is 0 Å². The quantitative estimate of drug-likeness (QED) is 0.712. The maximum absolute atomic E-state index is 12.9. The molecule has 1 unspecified atom stereocenters. The molecular weight excluding hydrogens is 338 g/mol. The van der Waals surface area contributed by atoms with Crippen LogP contribution in [-0.4, -0.2) is 34.8 Å². The summed E-state index contributed by atoms with van der Waals surface area (Å²) in [5.41, 5.74) is 3.15. The molecule has 0 bridgehead atoms. The van der Waals surface area contributed by atoms with Gasteiger partial charge in [0, 0.05) is 49.8 Å². The zero-order valence-corrected chi connectivity index (χ0v) is 16.4. The first-order valence-electron chi connectivity index (χ1n) is 10.0. The van der Waals surface area contributed by atoms with E-state index in [4.69, 9.17) is 0 Å². The maximum Gasteiger partial charge on any atom is 0.241 e. The van der Waals surface area contributed by atoms with E-state index in [9.17, 15) is 4.79 Å². The molecule has 6 heteroatoms. The van der Waals surface area contributed by atoms with Crippen LogP contribution in [0.15, 0.2) is 36.7 Å². The minimum Gasteiger partial charge on any atom is -0.371 e. The van der Waals surface area contributed by atoms with Crippen LogP contribution in [0.25, 0.3) is 0 Å². The molecule has 1 aliphatic heterocycles. The fourth-order valence-corrected chi connectivity index (χ4v) is 3.52. The molecule has 1 aromatic carbocycles. The van der Waals surface area contributed by atoms with Crippen molar-refractivity contribution in [3.63, 3.8) is 0 Å². The smallest absolute Gasteiger partial charge is 0.241 e. The van der Waals surface area contributed by atoms with Crippen LogP contribution in [0.1, 0.15) is 44.6 Å². The van der Waals surface area contributed by atoms with Gasteiger partial charge < -0.3 is 15.5 Å². The number of nitrogens with one attached hydrogen (secondary N) is 2. The topological polar surface area (TPSA) is 62.2 Å². The number of carbonyl (C=O) groups excluding carboxylic acids is 1. The van der Waals surface area contributed by atoms with Crippen molar-refractivity contribution in [2.24, 2.45) is 7.05 Å². The summed E-state index contributed by atoms with van der Waals surface area (Å²) in [5, 5.41) is 10.7. The molecule has 2 heterocycles. The van der Waals surface area contributed by atoms with Crippen molar-refractivity contribution in [1.29, 1.82) is 0 Å². The molecule has 0 radical (unpaired) electrons. The van der Waals surface area contributed by atoms with E-state index in [1.807, 2.05) is 31.6 Å². The maximum atomic E-state index is 12.9. The van der Waals surface area contributed by atoms with E-state index in [0.29, 0.717) is 6.54 Å². The van der Waals surface area contributed by atoms with Crippen molar-refractivity contribution in [1.82, 2.24) is 15.1 Å². The lowest BCUT2D eigenvalue weighted by atomic mass is 10.1. The van der Waals surface area contributed by atoms with Gasteiger partial charge in [0.2, 0.25) is 5.91 Å². The molecule has 0 aliphatic carbocycles. The fourth-order valence-electron chi connectivity index (χ4n) is 3.52. The number of aryl methyl sites for hydroxylation is 1. The second-order valence-electron chi connectivity index (χ2n) is 7.33. The number of nitrogens with zero attached hydrogens (tertiary/aromatic N) is 3. The van der Waals surface area contributed by atoms with Gasteiger partial charge in [-0.05, 0) is 37.5 Å². The first kappa shape index (κ1) is 19.4. The monoisotopic (exact) mass is 369 g/mol. The van der Waals surface area contributed by atoms with Crippen molar-refractivity contribution in [3.05, 3.63) is 42.2 Å². The number of carbonyl (C=O) groups is 1. The lowest BCUT2D eigenvalue weighted by Crippen LogP contribution is -2.40. The van der Waals surface area contributed by atoms with E-state index < -0.39 is 0 Å². The Hall–Kier alpha value is -2.34. The lowest BCUT2D eigenvalue weighted by Gasteiger charge is -2.20. The Kier molecular flexibility index (Phi) is 6.87. The van der Waals surface area contributed by atoms with Crippen LogP contribution in [-0.2, 0) is 18.4 Å². The summed E-state index contributed by atoms with van der Waals surface area (Å²) < 4.78 is 1.78. The van der Waals surface area contributed by atoms with Gasteiger partial charge in [-0.2, -0.15) is 5.10 Å². The Morgan fingerprint density at radius 1 is 1.30 bits per heavy atom. The number of aromatic nitrogens is 2. The minimum absolute atomic E-state index is 0.0333. The number of rotatable bonds is 9. The average molecular weight is 370 g/mol. The van der Waals surface area contributed by atoms with Crippen LogP contribution in [0, 0.1) is 0 Å². The molecule has 146 valence electrons. The molecule has 1 aliphatic rings. The van der Waals surface area contributed by atoms with E-state index >= 15 is 0 Å². The molecule has 1 fully saturated rings. The van der Waals surface area contributed by atoms with Crippen molar-refractivity contribution in [2.75, 3.05) is 23.3 Å². The first-order valence-corrected chi connectivity index (χ1v) is 10.0. The summed E-state index contributed by atoms with van der Waals surface area (Å²) in [6, 6.07) is 7.99. The van der Waals surface area contributed by atoms with Crippen molar-refractivity contribution in [3.8, 4) is 0 Å². The lowest BCUT2D eigenvalue weighted by molar-refractivity contribution is -0.118.